The third-order valence-corrected chi connectivity index (χ3v) is 3.22. The lowest BCUT2D eigenvalue weighted by atomic mass is 10.1. The molecule has 1 aliphatic rings. The van der Waals surface area contributed by atoms with Crippen LogP contribution in [0.5, 0.6) is 0 Å². The lowest BCUT2D eigenvalue weighted by Gasteiger charge is -2.33. The molecular formula is C13H16N4O. The van der Waals surface area contributed by atoms with Crippen LogP contribution in [0.2, 0.25) is 0 Å². The van der Waals surface area contributed by atoms with Crippen LogP contribution in [0, 0.1) is 6.92 Å². The largest absolute Gasteiger partial charge is 0.378 e. The normalized spacial score (nSPS) is 14.9. The maximum absolute atomic E-state index is 5.22. The van der Waals surface area contributed by atoms with E-state index in [9.17, 15) is 0 Å². The van der Waals surface area contributed by atoms with Gasteiger partial charge in [0.1, 0.15) is 11.6 Å². The van der Waals surface area contributed by atoms with E-state index in [-0.39, 0.29) is 0 Å². The number of methoxy groups -OCH3 is 1. The highest BCUT2D eigenvalue weighted by molar-refractivity contribution is 5.91. The van der Waals surface area contributed by atoms with Gasteiger partial charge in [0.25, 0.3) is 0 Å². The number of ether oxygens (including phenoxy) is 1. The molecule has 0 unspecified atom stereocenters. The summed E-state index contributed by atoms with van der Waals surface area (Å²) in [6.45, 7) is 4.55. The smallest absolute Gasteiger partial charge is 0.142 e. The average Bonchev–Trinajstić information content (AvgIpc) is 2.26. The summed E-state index contributed by atoms with van der Waals surface area (Å²) in [6, 6.07) is 1.94. The maximum atomic E-state index is 5.22. The van der Waals surface area contributed by atoms with Crippen LogP contribution in [0.15, 0.2) is 12.3 Å². The number of pyridine rings is 1. The number of hydrogen-bond donors (Lipinski definition) is 0. The second-order valence-corrected chi connectivity index (χ2v) is 4.52. The Morgan fingerprint density at radius 1 is 1.33 bits per heavy atom. The second-order valence-electron chi connectivity index (χ2n) is 4.52. The SMILES string of the molecule is COCc1nccc2nc(C)nc(N3CCC3)c12. The van der Waals surface area contributed by atoms with Crippen LogP contribution < -0.4 is 4.90 Å². The summed E-state index contributed by atoms with van der Waals surface area (Å²) in [5.41, 5.74) is 1.86. The van der Waals surface area contributed by atoms with Crippen LogP contribution in [0.25, 0.3) is 10.9 Å². The van der Waals surface area contributed by atoms with E-state index in [0.29, 0.717) is 6.61 Å². The predicted molar refractivity (Wildman–Crippen MR) is 69.6 cm³/mol. The monoisotopic (exact) mass is 244 g/mol. The molecule has 0 aliphatic carbocycles. The van der Waals surface area contributed by atoms with E-state index in [1.54, 1.807) is 13.3 Å². The number of rotatable bonds is 3. The number of anilines is 1. The molecule has 1 saturated heterocycles. The first kappa shape index (κ1) is 11.3. The first-order chi connectivity index (χ1) is 8.79. The van der Waals surface area contributed by atoms with Crippen molar-refractivity contribution in [2.24, 2.45) is 0 Å². The predicted octanol–water partition coefficient (Wildman–Crippen LogP) is 1.69. The summed E-state index contributed by atoms with van der Waals surface area (Å²) in [7, 11) is 1.68. The molecule has 0 bridgehead atoms. The molecule has 0 spiro atoms. The molecule has 0 atom stereocenters. The van der Waals surface area contributed by atoms with E-state index in [1.165, 1.54) is 6.42 Å². The quantitative estimate of drug-likeness (QED) is 0.822. The van der Waals surface area contributed by atoms with Crippen molar-refractivity contribution in [3.8, 4) is 0 Å². The summed E-state index contributed by atoms with van der Waals surface area (Å²) in [4.78, 5) is 15.7. The Labute approximate surface area is 106 Å². The number of fused-ring (bicyclic) bond motifs is 1. The van der Waals surface area contributed by atoms with E-state index >= 15 is 0 Å². The Bertz CT molecular complexity index is 580. The first-order valence-corrected chi connectivity index (χ1v) is 6.15. The van der Waals surface area contributed by atoms with Crippen LogP contribution in [-0.2, 0) is 11.3 Å². The number of aromatic nitrogens is 3. The van der Waals surface area contributed by atoms with E-state index in [4.69, 9.17) is 4.74 Å². The van der Waals surface area contributed by atoms with Gasteiger partial charge in [-0.1, -0.05) is 0 Å². The molecule has 94 valence electrons. The van der Waals surface area contributed by atoms with Gasteiger partial charge in [-0.3, -0.25) is 4.98 Å². The third kappa shape index (κ3) is 1.80. The van der Waals surface area contributed by atoms with E-state index in [1.807, 2.05) is 13.0 Å². The van der Waals surface area contributed by atoms with Gasteiger partial charge >= 0.3 is 0 Å². The summed E-state index contributed by atoms with van der Waals surface area (Å²) < 4.78 is 5.22. The molecule has 1 fully saturated rings. The topological polar surface area (TPSA) is 51.1 Å². The molecule has 2 aromatic heterocycles. The van der Waals surface area contributed by atoms with Crippen LogP contribution in [0.3, 0.4) is 0 Å². The highest BCUT2D eigenvalue weighted by Crippen LogP contribution is 2.29. The van der Waals surface area contributed by atoms with Crippen molar-refractivity contribution in [3.63, 3.8) is 0 Å². The van der Waals surface area contributed by atoms with Crippen molar-refractivity contribution < 1.29 is 4.74 Å². The highest BCUT2D eigenvalue weighted by Gasteiger charge is 2.21. The van der Waals surface area contributed by atoms with E-state index in [0.717, 1.165) is 41.3 Å². The van der Waals surface area contributed by atoms with Crippen LogP contribution >= 0.6 is 0 Å². The Morgan fingerprint density at radius 3 is 2.83 bits per heavy atom. The zero-order valence-corrected chi connectivity index (χ0v) is 10.7. The summed E-state index contributed by atoms with van der Waals surface area (Å²) in [6.07, 6.45) is 3.01. The molecule has 0 N–H and O–H groups in total. The number of nitrogens with zero attached hydrogens (tertiary/aromatic N) is 4. The van der Waals surface area contributed by atoms with Crippen LogP contribution in [-0.4, -0.2) is 35.2 Å². The molecule has 0 radical (unpaired) electrons. The van der Waals surface area contributed by atoms with Gasteiger partial charge in [0, 0.05) is 26.4 Å². The molecule has 5 heteroatoms. The maximum Gasteiger partial charge on any atom is 0.142 e. The third-order valence-electron chi connectivity index (χ3n) is 3.22. The van der Waals surface area contributed by atoms with Crippen molar-refractivity contribution in [2.75, 3.05) is 25.1 Å². The molecule has 5 nitrogen and oxygen atoms in total. The highest BCUT2D eigenvalue weighted by atomic mass is 16.5. The van der Waals surface area contributed by atoms with Crippen LogP contribution in [0.4, 0.5) is 5.82 Å². The lowest BCUT2D eigenvalue weighted by molar-refractivity contribution is 0.182. The van der Waals surface area contributed by atoms with Gasteiger partial charge in [-0.15, -0.1) is 0 Å². The molecule has 0 amide bonds. The average molecular weight is 244 g/mol. The molecule has 3 rings (SSSR count). The molecule has 18 heavy (non-hydrogen) atoms. The second kappa shape index (κ2) is 4.49. The zero-order valence-electron chi connectivity index (χ0n) is 10.7. The Morgan fingerprint density at radius 2 is 2.17 bits per heavy atom. The number of aryl methyl sites for hydroxylation is 1. The molecule has 0 aromatic carbocycles. The lowest BCUT2D eigenvalue weighted by Crippen LogP contribution is -2.38. The van der Waals surface area contributed by atoms with Crippen molar-refractivity contribution in [2.45, 2.75) is 20.0 Å². The first-order valence-electron chi connectivity index (χ1n) is 6.15. The van der Waals surface area contributed by atoms with Crippen molar-refractivity contribution in [1.82, 2.24) is 15.0 Å². The molecular weight excluding hydrogens is 228 g/mol. The standard InChI is InChI=1S/C13H16N4O/c1-9-15-10-4-5-14-11(8-18-2)12(10)13(16-9)17-6-3-7-17/h4-5H,3,6-8H2,1-2H3. The van der Waals surface area contributed by atoms with Crippen LogP contribution in [0.1, 0.15) is 17.9 Å². The van der Waals surface area contributed by atoms with Gasteiger partial charge in [-0.25, -0.2) is 9.97 Å². The van der Waals surface area contributed by atoms with Gasteiger partial charge in [0.2, 0.25) is 0 Å². The van der Waals surface area contributed by atoms with Crippen molar-refractivity contribution in [3.05, 3.63) is 23.8 Å². The molecule has 2 aromatic rings. The fraction of sp³-hybridized carbons (Fsp3) is 0.462. The van der Waals surface area contributed by atoms with Gasteiger partial charge in [-0.2, -0.15) is 0 Å². The molecule has 3 heterocycles. The number of hydrogen-bond acceptors (Lipinski definition) is 5. The fourth-order valence-electron chi connectivity index (χ4n) is 2.24. The summed E-state index contributed by atoms with van der Waals surface area (Å²) >= 11 is 0. The van der Waals surface area contributed by atoms with E-state index < -0.39 is 0 Å². The Kier molecular flexibility index (Phi) is 2.83. The molecule has 0 saturated carbocycles. The minimum atomic E-state index is 0.491. The Hall–Kier alpha value is -1.75. The fourth-order valence-corrected chi connectivity index (χ4v) is 2.24. The zero-order chi connectivity index (χ0) is 12.5. The minimum Gasteiger partial charge on any atom is -0.378 e. The summed E-state index contributed by atoms with van der Waals surface area (Å²) in [5.74, 6) is 1.81. The van der Waals surface area contributed by atoms with Crippen molar-refractivity contribution >= 4 is 16.7 Å². The minimum absolute atomic E-state index is 0.491. The van der Waals surface area contributed by atoms with E-state index in [2.05, 4.69) is 19.9 Å². The van der Waals surface area contributed by atoms with Gasteiger partial charge in [0.05, 0.1) is 23.2 Å². The van der Waals surface area contributed by atoms with Gasteiger partial charge < -0.3 is 9.64 Å². The van der Waals surface area contributed by atoms with Gasteiger partial charge in [0.15, 0.2) is 0 Å². The molecule has 1 aliphatic heterocycles. The summed E-state index contributed by atoms with van der Waals surface area (Å²) in [5, 5.41) is 1.03. The van der Waals surface area contributed by atoms with Crippen molar-refractivity contribution in [1.29, 1.82) is 0 Å². The Balaban J connectivity index is 2.23. The van der Waals surface area contributed by atoms with Gasteiger partial charge in [-0.05, 0) is 19.4 Å².